The van der Waals surface area contributed by atoms with E-state index in [1.807, 2.05) is 30.6 Å². The SMILES string of the molecule is C[C@@H]1CCN(C(=O)NC(C)(C)C)C[C@H]1N1CCCCC1=O. The molecule has 2 rings (SSSR count). The van der Waals surface area contributed by atoms with Crippen LogP contribution >= 0.6 is 0 Å². The van der Waals surface area contributed by atoms with Crippen LogP contribution in [0, 0.1) is 5.92 Å². The summed E-state index contributed by atoms with van der Waals surface area (Å²) in [6.45, 7) is 10.5. The standard InChI is InChI=1S/C16H29N3O2/c1-12-8-10-18(15(21)17-16(2,3)4)11-13(12)19-9-6-5-7-14(19)20/h12-13H,5-11H2,1-4H3,(H,17,21)/t12-,13-/m1/s1. The quantitative estimate of drug-likeness (QED) is 0.806. The molecule has 2 heterocycles. The summed E-state index contributed by atoms with van der Waals surface area (Å²) in [6.07, 6.45) is 3.72. The van der Waals surface area contributed by atoms with E-state index in [0.29, 0.717) is 18.9 Å². The second-order valence-electron chi connectivity index (χ2n) is 7.50. The number of amides is 3. The highest BCUT2D eigenvalue weighted by Crippen LogP contribution is 2.25. The third kappa shape index (κ3) is 4.11. The highest BCUT2D eigenvalue weighted by Gasteiger charge is 2.36. The molecule has 0 aliphatic carbocycles. The summed E-state index contributed by atoms with van der Waals surface area (Å²) < 4.78 is 0. The van der Waals surface area contributed by atoms with Gasteiger partial charge < -0.3 is 15.1 Å². The lowest BCUT2D eigenvalue weighted by atomic mass is 9.90. The van der Waals surface area contributed by atoms with Crippen LogP contribution in [0.1, 0.15) is 53.4 Å². The molecule has 0 radical (unpaired) electrons. The van der Waals surface area contributed by atoms with Gasteiger partial charge in [0, 0.05) is 31.6 Å². The van der Waals surface area contributed by atoms with Gasteiger partial charge in [-0.3, -0.25) is 4.79 Å². The lowest BCUT2D eigenvalue weighted by Gasteiger charge is -2.44. The van der Waals surface area contributed by atoms with Crippen molar-refractivity contribution in [2.24, 2.45) is 5.92 Å². The summed E-state index contributed by atoms with van der Waals surface area (Å²) in [5, 5.41) is 3.02. The molecule has 0 aromatic heterocycles. The molecule has 2 aliphatic heterocycles. The molecule has 0 bridgehead atoms. The first-order chi connectivity index (χ1) is 9.78. The third-order valence-corrected chi connectivity index (χ3v) is 4.45. The van der Waals surface area contributed by atoms with Gasteiger partial charge in [-0.1, -0.05) is 6.92 Å². The van der Waals surface area contributed by atoms with Gasteiger partial charge in [-0.25, -0.2) is 4.79 Å². The first-order valence-electron chi connectivity index (χ1n) is 8.14. The fraction of sp³-hybridized carbons (Fsp3) is 0.875. The molecule has 1 N–H and O–H groups in total. The minimum absolute atomic E-state index is 0.0103. The Labute approximate surface area is 128 Å². The fourth-order valence-corrected chi connectivity index (χ4v) is 3.22. The molecule has 0 aromatic rings. The molecule has 0 saturated carbocycles. The summed E-state index contributed by atoms with van der Waals surface area (Å²) in [5.41, 5.74) is -0.226. The van der Waals surface area contributed by atoms with Gasteiger partial charge in [0.1, 0.15) is 0 Å². The van der Waals surface area contributed by atoms with Crippen LogP contribution in [0.3, 0.4) is 0 Å². The maximum Gasteiger partial charge on any atom is 0.317 e. The van der Waals surface area contributed by atoms with E-state index in [9.17, 15) is 9.59 Å². The number of carbonyl (C=O) groups excluding carboxylic acids is 2. The lowest BCUT2D eigenvalue weighted by molar-refractivity contribution is -0.138. The molecule has 21 heavy (non-hydrogen) atoms. The minimum Gasteiger partial charge on any atom is -0.338 e. The number of hydrogen-bond acceptors (Lipinski definition) is 2. The molecule has 5 nitrogen and oxygen atoms in total. The number of urea groups is 1. The Kier molecular flexibility index (Phi) is 4.79. The van der Waals surface area contributed by atoms with Crippen molar-refractivity contribution < 1.29 is 9.59 Å². The molecule has 2 fully saturated rings. The Bertz CT molecular complexity index is 403. The van der Waals surface area contributed by atoms with Crippen molar-refractivity contribution in [3.05, 3.63) is 0 Å². The van der Waals surface area contributed by atoms with Gasteiger partial charge in [0.05, 0.1) is 6.04 Å². The van der Waals surface area contributed by atoms with Crippen LogP contribution in [0.4, 0.5) is 4.79 Å². The van der Waals surface area contributed by atoms with Crippen molar-refractivity contribution in [3.8, 4) is 0 Å². The maximum absolute atomic E-state index is 12.3. The second kappa shape index (κ2) is 6.24. The van der Waals surface area contributed by atoms with E-state index in [2.05, 4.69) is 12.2 Å². The van der Waals surface area contributed by atoms with E-state index in [-0.39, 0.29) is 23.5 Å². The Morgan fingerprint density at radius 2 is 1.95 bits per heavy atom. The van der Waals surface area contributed by atoms with Crippen molar-refractivity contribution >= 4 is 11.9 Å². The molecule has 0 spiro atoms. The van der Waals surface area contributed by atoms with Gasteiger partial charge in [-0.2, -0.15) is 0 Å². The van der Waals surface area contributed by atoms with Crippen LogP contribution in [0.15, 0.2) is 0 Å². The third-order valence-electron chi connectivity index (χ3n) is 4.45. The predicted molar refractivity (Wildman–Crippen MR) is 83.0 cm³/mol. The van der Waals surface area contributed by atoms with Crippen LogP contribution in [0.5, 0.6) is 0 Å². The van der Waals surface area contributed by atoms with Crippen LogP contribution in [0.25, 0.3) is 0 Å². The first-order valence-corrected chi connectivity index (χ1v) is 8.14. The number of nitrogens with zero attached hydrogens (tertiary/aromatic N) is 2. The smallest absolute Gasteiger partial charge is 0.317 e. The average Bonchev–Trinajstić information content (AvgIpc) is 2.38. The van der Waals surface area contributed by atoms with Gasteiger partial charge >= 0.3 is 6.03 Å². The normalized spacial score (nSPS) is 27.7. The average molecular weight is 295 g/mol. The lowest BCUT2D eigenvalue weighted by Crippen LogP contribution is -2.59. The monoisotopic (exact) mass is 295 g/mol. The van der Waals surface area contributed by atoms with Crippen molar-refractivity contribution in [2.75, 3.05) is 19.6 Å². The Hall–Kier alpha value is -1.26. The summed E-state index contributed by atoms with van der Waals surface area (Å²) in [5.74, 6) is 0.724. The van der Waals surface area contributed by atoms with Crippen LogP contribution < -0.4 is 5.32 Å². The molecule has 0 unspecified atom stereocenters. The van der Waals surface area contributed by atoms with Crippen molar-refractivity contribution in [1.82, 2.24) is 15.1 Å². The molecule has 2 atom stereocenters. The van der Waals surface area contributed by atoms with E-state index in [1.54, 1.807) is 0 Å². The molecule has 2 aliphatic rings. The fourth-order valence-electron chi connectivity index (χ4n) is 3.22. The van der Waals surface area contributed by atoms with E-state index < -0.39 is 0 Å². The molecule has 0 aromatic carbocycles. The van der Waals surface area contributed by atoms with Gasteiger partial charge in [0.25, 0.3) is 0 Å². The molecule has 3 amide bonds. The zero-order chi connectivity index (χ0) is 15.6. The first kappa shape index (κ1) is 16.1. The van der Waals surface area contributed by atoms with Crippen molar-refractivity contribution in [3.63, 3.8) is 0 Å². The van der Waals surface area contributed by atoms with E-state index in [1.165, 1.54) is 0 Å². The number of carbonyl (C=O) groups is 2. The Balaban J connectivity index is 2.01. The summed E-state index contributed by atoms with van der Waals surface area (Å²) in [7, 11) is 0. The summed E-state index contributed by atoms with van der Waals surface area (Å²) in [6, 6.07) is 0.168. The summed E-state index contributed by atoms with van der Waals surface area (Å²) >= 11 is 0. The zero-order valence-corrected chi connectivity index (χ0v) is 13.8. The maximum atomic E-state index is 12.3. The van der Waals surface area contributed by atoms with Crippen LogP contribution in [-0.4, -0.2) is 53.0 Å². The topological polar surface area (TPSA) is 52.7 Å². The van der Waals surface area contributed by atoms with E-state index in [0.717, 1.165) is 32.4 Å². The van der Waals surface area contributed by atoms with Gasteiger partial charge in [-0.15, -0.1) is 0 Å². The van der Waals surface area contributed by atoms with Crippen molar-refractivity contribution in [1.29, 1.82) is 0 Å². The molecule has 5 heteroatoms. The number of likely N-dealkylation sites (tertiary alicyclic amines) is 2. The van der Waals surface area contributed by atoms with Crippen molar-refractivity contribution in [2.45, 2.75) is 65.0 Å². The number of nitrogens with one attached hydrogen (secondary N) is 1. The van der Waals surface area contributed by atoms with Crippen LogP contribution in [0.2, 0.25) is 0 Å². The highest BCUT2D eigenvalue weighted by molar-refractivity contribution is 5.78. The number of rotatable bonds is 1. The van der Waals surface area contributed by atoms with E-state index >= 15 is 0 Å². The largest absolute Gasteiger partial charge is 0.338 e. The molecular weight excluding hydrogens is 266 g/mol. The van der Waals surface area contributed by atoms with E-state index in [4.69, 9.17) is 0 Å². The minimum atomic E-state index is -0.226. The van der Waals surface area contributed by atoms with Crippen LogP contribution in [-0.2, 0) is 4.79 Å². The predicted octanol–water partition coefficient (Wildman–Crippen LogP) is 2.22. The molecular formula is C16H29N3O2. The highest BCUT2D eigenvalue weighted by atomic mass is 16.2. The van der Waals surface area contributed by atoms with Gasteiger partial charge in [0.15, 0.2) is 0 Å². The summed E-state index contributed by atoms with van der Waals surface area (Å²) in [4.78, 5) is 28.4. The van der Waals surface area contributed by atoms with Gasteiger partial charge in [0.2, 0.25) is 5.91 Å². The zero-order valence-electron chi connectivity index (χ0n) is 13.8. The van der Waals surface area contributed by atoms with Gasteiger partial charge in [-0.05, 0) is 46.0 Å². The Morgan fingerprint density at radius 3 is 2.57 bits per heavy atom. The molecule has 2 saturated heterocycles. The second-order valence-corrected chi connectivity index (χ2v) is 7.50. The number of hydrogen-bond donors (Lipinski definition) is 1. The Morgan fingerprint density at radius 1 is 1.24 bits per heavy atom. The number of piperidine rings is 2. The molecule has 120 valence electrons.